The average molecular weight is 239 g/mol. The van der Waals surface area contributed by atoms with E-state index in [4.69, 9.17) is 4.74 Å². The van der Waals surface area contributed by atoms with Crippen LogP contribution in [0.3, 0.4) is 0 Å². The molecule has 0 aromatic rings. The molecule has 2 rings (SSSR count). The molecule has 100 valence electrons. The Labute approximate surface area is 107 Å². The van der Waals surface area contributed by atoms with Gasteiger partial charge in [-0.1, -0.05) is 39.0 Å². The lowest BCUT2D eigenvalue weighted by atomic mass is 9.74. The number of hydrogen-bond donors (Lipinski definition) is 1. The first-order valence-electron chi connectivity index (χ1n) is 7.54. The smallest absolute Gasteiger partial charge is 0.0705 e. The molecule has 2 heteroatoms. The summed E-state index contributed by atoms with van der Waals surface area (Å²) in [5, 5.41) is 3.45. The molecule has 2 fully saturated rings. The van der Waals surface area contributed by atoms with Crippen molar-refractivity contribution in [2.24, 2.45) is 11.8 Å². The molecule has 2 nitrogen and oxygen atoms in total. The minimum absolute atomic E-state index is 0.203. The highest BCUT2D eigenvalue weighted by Crippen LogP contribution is 2.38. The number of piperidine rings is 1. The van der Waals surface area contributed by atoms with Gasteiger partial charge in [0.25, 0.3) is 0 Å². The Morgan fingerprint density at radius 1 is 1.06 bits per heavy atom. The Hall–Kier alpha value is -0.0800. The van der Waals surface area contributed by atoms with Crippen LogP contribution in [0.25, 0.3) is 0 Å². The van der Waals surface area contributed by atoms with Crippen molar-refractivity contribution in [1.29, 1.82) is 0 Å². The molecule has 17 heavy (non-hydrogen) atoms. The van der Waals surface area contributed by atoms with Crippen LogP contribution >= 0.6 is 0 Å². The van der Waals surface area contributed by atoms with Gasteiger partial charge in [-0.3, -0.25) is 0 Å². The van der Waals surface area contributed by atoms with Crippen LogP contribution in [-0.4, -0.2) is 25.8 Å². The molecule has 1 aliphatic heterocycles. The van der Waals surface area contributed by atoms with E-state index in [1.54, 1.807) is 0 Å². The van der Waals surface area contributed by atoms with Crippen molar-refractivity contribution in [3.05, 3.63) is 0 Å². The normalized spacial score (nSPS) is 33.5. The zero-order valence-corrected chi connectivity index (χ0v) is 11.6. The lowest BCUT2D eigenvalue weighted by Crippen LogP contribution is -2.45. The first-order chi connectivity index (χ1) is 8.28. The summed E-state index contributed by atoms with van der Waals surface area (Å²) in [5.74, 6) is 1.94. The van der Waals surface area contributed by atoms with Gasteiger partial charge in [-0.15, -0.1) is 0 Å². The molecule has 2 aliphatic rings. The highest BCUT2D eigenvalue weighted by atomic mass is 16.5. The zero-order chi connectivity index (χ0) is 12.1. The van der Waals surface area contributed by atoms with E-state index in [0.717, 1.165) is 24.9 Å². The van der Waals surface area contributed by atoms with E-state index in [0.29, 0.717) is 0 Å². The van der Waals surface area contributed by atoms with E-state index in [-0.39, 0.29) is 5.60 Å². The fourth-order valence-electron chi connectivity index (χ4n) is 3.74. The van der Waals surface area contributed by atoms with E-state index < -0.39 is 0 Å². The fourth-order valence-corrected chi connectivity index (χ4v) is 3.74. The van der Waals surface area contributed by atoms with Gasteiger partial charge in [0, 0.05) is 7.11 Å². The Bertz CT molecular complexity index is 215. The van der Waals surface area contributed by atoms with Crippen molar-refractivity contribution >= 4 is 0 Å². The quantitative estimate of drug-likeness (QED) is 0.812. The third-order valence-corrected chi connectivity index (χ3v) is 5.15. The molecular weight excluding hydrogens is 210 g/mol. The van der Waals surface area contributed by atoms with E-state index >= 15 is 0 Å². The number of methoxy groups -OCH3 is 1. The Morgan fingerprint density at radius 2 is 1.65 bits per heavy atom. The van der Waals surface area contributed by atoms with Crippen molar-refractivity contribution in [1.82, 2.24) is 5.32 Å². The number of ether oxygens (including phenoxy) is 1. The monoisotopic (exact) mass is 239 g/mol. The molecule has 0 aromatic heterocycles. The molecule has 1 heterocycles. The van der Waals surface area contributed by atoms with Crippen LogP contribution in [0, 0.1) is 11.8 Å². The standard InChI is InChI=1S/C15H29NO/c1-3-13-4-6-14(7-5-13)12-15(17-2)8-10-16-11-9-15/h13-14,16H,3-12H2,1-2H3. The fraction of sp³-hybridized carbons (Fsp3) is 1.00. The molecule has 1 N–H and O–H groups in total. The van der Waals surface area contributed by atoms with Gasteiger partial charge in [0.15, 0.2) is 0 Å². The summed E-state index contributed by atoms with van der Waals surface area (Å²) < 4.78 is 5.89. The minimum Gasteiger partial charge on any atom is -0.378 e. The topological polar surface area (TPSA) is 21.3 Å². The van der Waals surface area contributed by atoms with Crippen LogP contribution in [0.5, 0.6) is 0 Å². The Kier molecular flexibility index (Phi) is 4.87. The highest BCUT2D eigenvalue weighted by Gasteiger charge is 2.35. The van der Waals surface area contributed by atoms with Gasteiger partial charge in [-0.05, 0) is 44.2 Å². The lowest BCUT2D eigenvalue weighted by molar-refractivity contribution is -0.0558. The Morgan fingerprint density at radius 3 is 2.18 bits per heavy atom. The second-order valence-electron chi connectivity index (χ2n) is 6.14. The predicted octanol–water partition coefficient (Wildman–Crippen LogP) is 3.36. The van der Waals surface area contributed by atoms with Crippen LogP contribution in [-0.2, 0) is 4.74 Å². The molecule has 1 saturated heterocycles. The molecule has 0 amide bonds. The third-order valence-electron chi connectivity index (χ3n) is 5.15. The maximum absolute atomic E-state index is 5.89. The summed E-state index contributed by atoms with van der Waals surface area (Å²) >= 11 is 0. The summed E-state index contributed by atoms with van der Waals surface area (Å²) in [6.45, 7) is 4.62. The van der Waals surface area contributed by atoms with E-state index in [1.807, 2.05) is 7.11 Å². The molecule has 0 atom stereocenters. The van der Waals surface area contributed by atoms with Crippen LogP contribution < -0.4 is 5.32 Å². The average Bonchev–Trinajstić information content (AvgIpc) is 2.41. The lowest BCUT2D eigenvalue weighted by Gasteiger charge is -2.40. The number of nitrogens with one attached hydrogen (secondary N) is 1. The summed E-state index contributed by atoms with van der Waals surface area (Å²) in [5.41, 5.74) is 0.203. The summed E-state index contributed by atoms with van der Waals surface area (Å²) in [6.07, 6.45) is 10.9. The number of hydrogen-bond acceptors (Lipinski definition) is 2. The minimum atomic E-state index is 0.203. The molecule has 0 bridgehead atoms. The first kappa shape index (κ1) is 13.4. The largest absolute Gasteiger partial charge is 0.378 e. The van der Waals surface area contributed by atoms with Gasteiger partial charge in [0.1, 0.15) is 0 Å². The first-order valence-corrected chi connectivity index (χ1v) is 7.54. The summed E-state index contributed by atoms with van der Waals surface area (Å²) in [7, 11) is 1.92. The predicted molar refractivity (Wildman–Crippen MR) is 72.2 cm³/mol. The van der Waals surface area contributed by atoms with Crippen molar-refractivity contribution in [2.45, 2.75) is 63.9 Å². The van der Waals surface area contributed by atoms with Crippen molar-refractivity contribution in [3.63, 3.8) is 0 Å². The Balaban J connectivity index is 1.82. The summed E-state index contributed by atoms with van der Waals surface area (Å²) in [6, 6.07) is 0. The van der Waals surface area contributed by atoms with Gasteiger partial charge in [0.05, 0.1) is 5.60 Å². The van der Waals surface area contributed by atoms with E-state index in [9.17, 15) is 0 Å². The maximum atomic E-state index is 5.89. The molecule has 0 unspecified atom stereocenters. The second kappa shape index (κ2) is 6.19. The number of rotatable bonds is 4. The van der Waals surface area contributed by atoms with Crippen molar-refractivity contribution in [3.8, 4) is 0 Å². The molecule has 0 radical (unpaired) electrons. The third kappa shape index (κ3) is 3.45. The maximum Gasteiger partial charge on any atom is 0.0705 e. The molecule has 1 aliphatic carbocycles. The van der Waals surface area contributed by atoms with Gasteiger partial charge in [-0.2, -0.15) is 0 Å². The van der Waals surface area contributed by atoms with Crippen LogP contribution in [0.1, 0.15) is 58.3 Å². The second-order valence-corrected chi connectivity index (χ2v) is 6.14. The van der Waals surface area contributed by atoms with Crippen molar-refractivity contribution < 1.29 is 4.74 Å². The van der Waals surface area contributed by atoms with Gasteiger partial charge >= 0.3 is 0 Å². The highest BCUT2D eigenvalue weighted by molar-refractivity contribution is 4.89. The zero-order valence-electron chi connectivity index (χ0n) is 11.6. The molecule has 0 aromatic carbocycles. The SMILES string of the molecule is CCC1CCC(CC2(OC)CCNCC2)CC1. The molecule has 0 spiro atoms. The van der Waals surface area contributed by atoms with E-state index in [1.165, 1.54) is 51.4 Å². The molecule has 1 saturated carbocycles. The van der Waals surface area contributed by atoms with Crippen LogP contribution in [0.15, 0.2) is 0 Å². The van der Waals surface area contributed by atoms with E-state index in [2.05, 4.69) is 12.2 Å². The van der Waals surface area contributed by atoms with Gasteiger partial charge in [-0.25, -0.2) is 0 Å². The van der Waals surface area contributed by atoms with Crippen molar-refractivity contribution in [2.75, 3.05) is 20.2 Å². The van der Waals surface area contributed by atoms with Gasteiger partial charge < -0.3 is 10.1 Å². The van der Waals surface area contributed by atoms with Crippen LogP contribution in [0.2, 0.25) is 0 Å². The summed E-state index contributed by atoms with van der Waals surface area (Å²) in [4.78, 5) is 0. The molecular formula is C15H29NO. The van der Waals surface area contributed by atoms with Gasteiger partial charge in [0.2, 0.25) is 0 Å². The van der Waals surface area contributed by atoms with Crippen LogP contribution in [0.4, 0.5) is 0 Å².